The van der Waals surface area contributed by atoms with Gasteiger partial charge in [0.2, 0.25) is 11.8 Å². The van der Waals surface area contributed by atoms with Gasteiger partial charge in [0.1, 0.15) is 12.6 Å². The highest BCUT2D eigenvalue weighted by Gasteiger charge is 2.44. The van der Waals surface area contributed by atoms with E-state index in [-0.39, 0.29) is 17.9 Å². The zero-order valence-corrected chi connectivity index (χ0v) is 9.52. The summed E-state index contributed by atoms with van der Waals surface area (Å²) in [6.45, 7) is 1.12. The third kappa shape index (κ3) is 1.43. The molecule has 4 heteroatoms. The van der Waals surface area contributed by atoms with Gasteiger partial charge in [0, 0.05) is 12.6 Å². The number of hydrogen-bond donors (Lipinski definition) is 0. The largest absolute Gasteiger partial charge is 0.329 e. The number of nitrogens with zero attached hydrogens (tertiary/aromatic N) is 2. The van der Waals surface area contributed by atoms with Gasteiger partial charge in [0.15, 0.2) is 0 Å². The van der Waals surface area contributed by atoms with Crippen LogP contribution in [0.1, 0.15) is 38.5 Å². The molecule has 0 aromatic carbocycles. The minimum absolute atomic E-state index is 0.123. The molecule has 16 heavy (non-hydrogen) atoms. The fourth-order valence-corrected chi connectivity index (χ4v) is 3.35. The van der Waals surface area contributed by atoms with Crippen LogP contribution in [0.15, 0.2) is 0 Å². The second-order valence-electron chi connectivity index (χ2n) is 5.15. The summed E-state index contributed by atoms with van der Waals surface area (Å²) in [4.78, 5) is 27.8. The van der Waals surface area contributed by atoms with Crippen molar-refractivity contribution in [2.75, 3.05) is 13.1 Å². The molecular formula is C12H18N2O2. The monoisotopic (exact) mass is 222 g/mol. The number of carbonyl (C=O) groups excluding carboxylic acids is 2. The summed E-state index contributed by atoms with van der Waals surface area (Å²) >= 11 is 0. The van der Waals surface area contributed by atoms with Crippen LogP contribution in [0.4, 0.5) is 0 Å². The first-order valence-corrected chi connectivity index (χ1v) is 6.37. The van der Waals surface area contributed by atoms with Crippen molar-refractivity contribution >= 4 is 11.8 Å². The van der Waals surface area contributed by atoms with Gasteiger partial charge in [-0.2, -0.15) is 0 Å². The molecule has 0 aromatic heterocycles. The lowest BCUT2D eigenvalue weighted by molar-refractivity contribution is -0.155. The van der Waals surface area contributed by atoms with E-state index in [4.69, 9.17) is 0 Å². The molecule has 3 fully saturated rings. The average molecular weight is 222 g/mol. The van der Waals surface area contributed by atoms with E-state index >= 15 is 0 Å². The Morgan fingerprint density at radius 3 is 2.44 bits per heavy atom. The molecule has 0 aromatic rings. The molecule has 4 nitrogen and oxygen atoms in total. The van der Waals surface area contributed by atoms with Crippen molar-refractivity contribution < 1.29 is 9.59 Å². The third-order valence-corrected chi connectivity index (χ3v) is 4.21. The predicted molar refractivity (Wildman–Crippen MR) is 58.7 cm³/mol. The number of hydrogen-bond acceptors (Lipinski definition) is 2. The highest BCUT2D eigenvalue weighted by atomic mass is 16.2. The van der Waals surface area contributed by atoms with E-state index in [1.165, 1.54) is 12.8 Å². The predicted octanol–water partition coefficient (Wildman–Crippen LogP) is 0.762. The van der Waals surface area contributed by atoms with Gasteiger partial charge in [-0.3, -0.25) is 9.59 Å². The summed E-state index contributed by atoms with van der Waals surface area (Å²) in [5.74, 6) is 0.373. The molecule has 3 rings (SSSR count). The van der Waals surface area contributed by atoms with E-state index in [9.17, 15) is 9.59 Å². The van der Waals surface area contributed by atoms with Crippen molar-refractivity contribution in [3.05, 3.63) is 0 Å². The molecule has 1 atom stereocenters. The van der Waals surface area contributed by atoms with Crippen molar-refractivity contribution in [3.63, 3.8) is 0 Å². The van der Waals surface area contributed by atoms with Crippen molar-refractivity contribution in [1.29, 1.82) is 0 Å². The molecule has 2 amide bonds. The van der Waals surface area contributed by atoms with Crippen LogP contribution >= 0.6 is 0 Å². The zero-order chi connectivity index (χ0) is 11.1. The first-order valence-electron chi connectivity index (χ1n) is 6.37. The Kier molecular flexibility index (Phi) is 2.37. The van der Waals surface area contributed by atoms with E-state index in [1.54, 1.807) is 4.90 Å². The first-order chi connectivity index (χ1) is 7.77. The average Bonchev–Trinajstić information content (AvgIpc) is 2.92. The number of rotatable bonds is 1. The Bertz CT molecular complexity index is 323. The van der Waals surface area contributed by atoms with Gasteiger partial charge in [-0.05, 0) is 25.7 Å². The Hall–Kier alpha value is -1.06. The van der Waals surface area contributed by atoms with Crippen LogP contribution in [0.5, 0.6) is 0 Å². The Morgan fingerprint density at radius 2 is 1.69 bits per heavy atom. The Morgan fingerprint density at radius 1 is 0.938 bits per heavy atom. The fraction of sp³-hybridized carbons (Fsp3) is 0.833. The first kappa shape index (κ1) is 10.1. The smallest absolute Gasteiger partial charge is 0.246 e. The van der Waals surface area contributed by atoms with Gasteiger partial charge in [-0.1, -0.05) is 12.8 Å². The van der Waals surface area contributed by atoms with Gasteiger partial charge < -0.3 is 9.80 Å². The third-order valence-electron chi connectivity index (χ3n) is 4.21. The maximum atomic E-state index is 12.3. The number of carbonyl (C=O) groups is 2. The molecule has 2 aliphatic heterocycles. The minimum atomic E-state index is -0.123. The molecule has 0 spiro atoms. The standard InChI is InChI=1S/C12H18N2O2/c15-11-8-14(9-4-1-2-5-9)12(16)10-6-3-7-13(10)11/h9-10H,1-8H2. The summed E-state index contributed by atoms with van der Waals surface area (Å²) in [7, 11) is 0. The highest BCUT2D eigenvalue weighted by Crippen LogP contribution is 2.30. The van der Waals surface area contributed by atoms with E-state index in [1.807, 2.05) is 4.90 Å². The molecule has 1 unspecified atom stereocenters. The maximum absolute atomic E-state index is 12.3. The molecule has 2 saturated heterocycles. The van der Waals surface area contributed by atoms with Crippen LogP contribution in [-0.2, 0) is 9.59 Å². The van der Waals surface area contributed by atoms with E-state index in [2.05, 4.69) is 0 Å². The van der Waals surface area contributed by atoms with Crippen LogP contribution in [-0.4, -0.2) is 46.8 Å². The summed E-state index contributed by atoms with van der Waals surface area (Å²) in [5.41, 5.74) is 0. The molecule has 3 aliphatic rings. The summed E-state index contributed by atoms with van der Waals surface area (Å²) in [5, 5.41) is 0. The molecule has 88 valence electrons. The number of piperazine rings is 1. The van der Waals surface area contributed by atoms with Gasteiger partial charge in [0.25, 0.3) is 0 Å². The van der Waals surface area contributed by atoms with Crippen LogP contribution < -0.4 is 0 Å². The van der Waals surface area contributed by atoms with E-state index in [0.29, 0.717) is 12.6 Å². The number of fused-ring (bicyclic) bond motifs is 1. The second kappa shape index (κ2) is 3.75. The van der Waals surface area contributed by atoms with E-state index < -0.39 is 0 Å². The van der Waals surface area contributed by atoms with Crippen molar-refractivity contribution in [3.8, 4) is 0 Å². The van der Waals surface area contributed by atoms with Crippen LogP contribution in [0.25, 0.3) is 0 Å². The second-order valence-corrected chi connectivity index (χ2v) is 5.15. The normalized spacial score (nSPS) is 31.4. The molecule has 1 aliphatic carbocycles. The lowest BCUT2D eigenvalue weighted by atomic mass is 10.1. The van der Waals surface area contributed by atoms with Crippen molar-refractivity contribution in [2.24, 2.45) is 0 Å². The minimum Gasteiger partial charge on any atom is -0.329 e. The highest BCUT2D eigenvalue weighted by molar-refractivity contribution is 5.95. The lowest BCUT2D eigenvalue weighted by Gasteiger charge is -2.39. The van der Waals surface area contributed by atoms with Crippen molar-refractivity contribution in [1.82, 2.24) is 9.80 Å². The van der Waals surface area contributed by atoms with Gasteiger partial charge in [-0.15, -0.1) is 0 Å². The fourth-order valence-electron chi connectivity index (χ4n) is 3.35. The Labute approximate surface area is 95.6 Å². The summed E-state index contributed by atoms with van der Waals surface area (Å²) in [6.07, 6.45) is 6.44. The quantitative estimate of drug-likeness (QED) is 0.657. The van der Waals surface area contributed by atoms with Crippen LogP contribution in [0.2, 0.25) is 0 Å². The summed E-state index contributed by atoms with van der Waals surface area (Å²) in [6, 6.07) is 0.223. The van der Waals surface area contributed by atoms with Crippen LogP contribution in [0.3, 0.4) is 0 Å². The molecule has 1 saturated carbocycles. The molecule has 2 heterocycles. The molecule has 0 radical (unpaired) electrons. The van der Waals surface area contributed by atoms with Gasteiger partial charge >= 0.3 is 0 Å². The zero-order valence-electron chi connectivity index (χ0n) is 9.52. The maximum Gasteiger partial charge on any atom is 0.246 e. The molecule has 0 N–H and O–H groups in total. The van der Waals surface area contributed by atoms with Gasteiger partial charge in [-0.25, -0.2) is 0 Å². The van der Waals surface area contributed by atoms with Gasteiger partial charge in [0.05, 0.1) is 0 Å². The Balaban J connectivity index is 1.80. The lowest BCUT2D eigenvalue weighted by Crippen LogP contribution is -2.59. The van der Waals surface area contributed by atoms with Crippen LogP contribution in [0, 0.1) is 0 Å². The SMILES string of the molecule is O=C1C2CCCN2C(=O)CN1C1CCCC1. The van der Waals surface area contributed by atoms with Crippen molar-refractivity contribution in [2.45, 2.75) is 50.6 Å². The number of amides is 2. The van der Waals surface area contributed by atoms with E-state index in [0.717, 1.165) is 32.2 Å². The topological polar surface area (TPSA) is 40.6 Å². The molecular weight excluding hydrogens is 204 g/mol. The summed E-state index contributed by atoms with van der Waals surface area (Å²) < 4.78 is 0. The molecule has 0 bridgehead atoms.